The second-order valence-electron chi connectivity index (χ2n) is 10.3. The van der Waals surface area contributed by atoms with E-state index < -0.39 is 0 Å². The van der Waals surface area contributed by atoms with Gasteiger partial charge in [0.15, 0.2) is 5.58 Å². The summed E-state index contributed by atoms with van der Waals surface area (Å²) in [5.41, 5.74) is 13.2. The van der Waals surface area contributed by atoms with Crippen LogP contribution in [0.1, 0.15) is 11.1 Å². The molecule has 0 radical (unpaired) electrons. The van der Waals surface area contributed by atoms with Gasteiger partial charge in [0.05, 0.1) is 0 Å². The molecule has 7 rings (SSSR count). The summed E-state index contributed by atoms with van der Waals surface area (Å²) in [6.45, 7) is 7.94. The molecule has 4 nitrogen and oxygen atoms in total. The van der Waals surface area contributed by atoms with Crippen molar-refractivity contribution in [1.29, 1.82) is 0 Å². The summed E-state index contributed by atoms with van der Waals surface area (Å²) in [6, 6.07) is 35.2. The Morgan fingerprint density at radius 3 is 1.77 bits per heavy atom. The van der Waals surface area contributed by atoms with Crippen LogP contribution in [0.25, 0.3) is 79.2 Å². The first-order valence-electron chi connectivity index (χ1n) is 14.1. The third kappa shape index (κ3) is 5.07. The second kappa shape index (κ2) is 11.2. The van der Waals surface area contributed by atoms with Gasteiger partial charge in [-0.1, -0.05) is 73.8 Å². The summed E-state index contributed by atoms with van der Waals surface area (Å²) in [7, 11) is 0. The van der Waals surface area contributed by atoms with E-state index in [2.05, 4.69) is 83.8 Å². The highest BCUT2D eigenvalue weighted by atomic mass is 16.3. The minimum atomic E-state index is 0.586. The molecule has 0 fully saturated rings. The van der Waals surface area contributed by atoms with Gasteiger partial charge in [0.25, 0.3) is 0 Å². The monoisotopic (exact) mass is 553 g/mol. The summed E-state index contributed by atoms with van der Waals surface area (Å²) in [5, 5.41) is 0. The van der Waals surface area contributed by atoms with Crippen molar-refractivity contribution in [3.63, 3.8) is 0 Å². The number of pyridine rings is 2. The van der Waals surface area contributed by atoms with E-state index in [-0.39, 0.29) is 0 Å². The molecule has 0 saturated carbocycles. The van der Waals surface area contributed by atoms with Crippen molar-refractivity contribution in [2.45, 2.75) is 0 Å². The van der Waals surface area contributed by atoms with Gasteiger partial charge in [-0.2, -0.15) is 0 Å². The topological polar surface area (TPSA) is 51.8 Å². The number of hydrogen-bond donors (Lipinski definition) is 0. The molecule has 0 saturated heterocycles. The molecular weight excluding hydrogens is 526 g/mol. The molecule has 43 heavy (non-hydrogen) atoms. The Hall–Kier alpha value is -5.87. The van der Waals surface area contributed by atoms with Crippen molar-refractivity contribution in [1.82, 2.24) is 15.0 Å². The zero-order chi connectivity index (χ0) is 29.2. The molecule has 0 amide bonds. The van der Waals surface area contributed by atoms with E-state index in [9.17, 15) is 0 Å². The lowest BCUT2D eigenvalue weighted by Gasteiger charge is -2.11. The average molecular weight is 554 g/mol. The number of fused-ring (bicyclic) bond motifs is 1. The van der Waals surface area contributed by atoms with Gasteiger partial charge >= 0.3 is 0 Å². The zero-order valence-corrected chi connectivity index (χ0v) is 23.4. The first-order valence-corrected chi connectivity index (χ1v) is 14.1. The SMILES string of the molecule is C=Cc1cccc(-c2ccc(-c3nc4ccc(-c5cc(-c6cccnc6)cc(-c6cccnc6)c5)cc4o3)cc2)c1C=C. The van der Waals surface area contributed by atoms with Crippen LogP contribution in [0.4, 0.5) is 0 Å². The second-order valence-corrected chi connectivity index (χ2v) is 10.3. The lowest BCUT2D eigenvalue weighted by Crippen LogP contribution is -1.87. The lowest BCUT2D eigenvalue weighted by molar-refractivity contribution is 0.620. The number of oxazole rings is 1. The van der Waals surface area contributed by atoms with Crippen LogP contribution in [-0.4, -0.2) is 15.0 Å². The quantitative estimate of drug-likeness (QED) is 0.197. The third-order valence-corrected chi connectivity index (χ3v) is 7.65. The Morgan fingerprint density at radius 1 is 0.535 bits per heavy atom. The van der Waals surface area contributed by atoms with Crippen LogP contribution in [0.2, 0.25) is 0 Å². The van der Waals surface area contributed by atoms with Gasteiger partial charge in [0, 0.05) is 41.5 Å². The van der Waals surface area contributed by atoms with Gasteiger partial charge in [-0.15, -0.1) is 0 Å². The van der Waals surface area contributed by atoms with Crippen molar-refractivity contribution in [3.8, 4) is 56.0 Å². The molecule has 204 valence electrons. The van der Waals surface area contributed by atoms with Gasteiger partial charge in [0.1, 0.15) is 5.52 Å². The highest BCUT2D eigenvalue weighted by molar-refractivity contribution is 5.86. The zero-order valence-electron chi connectivity index (χ0n) is 23.4. The van der Waals surface area contributed by atoms with Crippen molar-refractivity contribution < 1.29 is 4.42 Å². The summed E-state index contributed by atoms with van der Waals surface area (Å²) < 4.78 is 6.31. The summed E-state index contributed by atoms with van der Waals surface area (Å²) in [5.74, 6) is 0.586. The number of aromatic nitrogens is 3. The molecule has 0 N–H and O–H groups in total. The van der Waals surface area contributed by atoms with Crippen LogP contribution in [0.3, 0.4) is 0 Å². The maximum atomic E-state index is 6.31. The summed E-state index contributed by atoms with van der Waals surface area (Å²) in [6.07, 6.45) is 11.1. The van der Waals surface area contributed by atoms with Gasteiger partial charge in [0.2, 0.25) is 5.89 Å². The molecule has 0 aliphatic heterocycles. The highest BCUT2D eigenvalue weighted by Crippen LogP contribution is 2.35. The van der Waals surface area contributed by atoms with Gasteiger partial charge in [-0.25, -0.2) is 4.98 Å². The largest absolute Gasteiger partial charge is 0.436 e. The normalized spacial score (nSPS) is 11.0. The smallest absolute Gasteiger partial charge is 0.227 e. The maximum absolute atomic E-state index is 6.31. The van der Waals surface area contributed by atoms with E-state index in [1.165, 1.54) is 0 Å². The van der Waals surface area contributed by atoms with Gasteiger partial charge in [-0.05, 0) is 99.1 Å². The van der Waals surface area contributed by atoms with Crippen LogP contribution in [-0.2, 0) is 0 Å². The van der Waals surface area contributed by atoms with E-state index in [0.717, 1.165) is 72.3 Å². The average Bonchev–Trinajstić information content (AvgIpc) is 3.52. The first kappa shape index (κ1) is 26.1. The van der Waals surface area contributed by atoms with Crippen molar-refractivity contribution in [3.05, 3.63) is 152 Å². The Kier molecular flexibility index (Phi) is 6.78. The Morgan fingerprint density at radius 2 is 1.16 bits per heavy atom. The van der Waals surface area contributed by atoms with Crippen LogP contribution in [0.5, 0.6) is 0 Å². The molecule has 4 heteroatoms. The number of rotatable bonds is 7. The third-order valence-electron chi connectivity index (χ3n) is 7.65. The predicted octanol–water partition coefficient (Wildman–Crippen LogP) is 10.2. The molecule has 0 aliphatic rings. The van der Waals surface area contributed by atoms with Crippen LogP contribution >= 0.6 is 0 Å². The predicted molar refractivity (Wildman–Crippen MR) is 177 cm³/mol. The molecule has 3 heterocycles. The lowest BCUT2D eigenvalue weighted by atomic mass is 9.94. The van der Waals surface area contributed by atoms with E-state index in [4.69, 9.17) is 9.40 Å². The van der Waals surface area contributed by atoms with Crippen molar-refractivity contribution in [2.75, 3.05) is 0 Å². The number of benzene rings is 4. The maximum Gasteiger partial charge on any atom is 0.227 e. The van der Waals surface area contributed by atoms with Crippen molar-refractivity contribution in [2.24, 2.45) is 0 Å². The fourth-order valence-corrected chi connectivity index (χ4v) is 5.46. The minimum absolute atomic E-state index is 0.586. The molecule has 0 spiro atoms. The van der Waals surface area contributed by atoms with E-state index in [1.807, 2.05) is 67.0 Å². The highest BCUT2D eigenvalue weighted by Gasteiger charge is 2.13. The molecule has 7 aromatic rings. The number of nitrogens with zero attached hydrogens (tertiary/aromatic N) is 3. The van der Waals surface area contributed by atoms with Crippen molar-refractivity contribution >= 4 is 23.3 Å². The molecule has 0 bridgehead atoms. The molecule has 0 aliphatic carbocycles. The fraction of sp³-hybridized carbons (Fsp3) is 0. The molecule has 0 unspecified atom stereocenters. The van der Waals surface area contributed by atoms with E-state index in [0.29, 0.717) is 5.89 Å². The summed E-state index contributed by atoms with van der Waals surface area (Å²) in [4.78, 5) is 13.5. The summed E-state index contributed by atoms with van der Waals surface area (Å²) >= 11 is 0. The van der Waals surface area contributed by atoms with Crippen LogP contribution < -0.4 is 0 Å². The van der Waals surface area contributed by atoms with E-state index in [1.54, 1.807) is 12.4 Å². The Labute approximate surface area is 250 Å². The van der Waals surface area contributed by atoms with Gasteiger partial charge < -0.3 is 4.42 Å². The Bertz CT molecular complexity index is 2040. The molecular formula is C39H27N3O. The first-order chi connectivity index (χ1) is 21.2. The van der Waals surface area contributed by atoms with Crippen LogP contribution in [0, 0.1) is 0 Å². The standard InChI is InChI=1S/C39H27N3O/c1-3-26-8-5-11-36(35(26)4-2)27-12-14-28(15-13-27)39-42-37-17-16-29(23-38(37)43-39)32-20-33(30-9-6-18-40-24-30)22-34(21-32)31-10-7-19-41-25-31/h3-25H,1-2H2. The molecule has 3 aromatic heterocycles. The molecule has 0 atom stereocenters. The fourth-order valence-electron chi connectivity index (χ4n) is 5.46. The minimum Gasteiger partial charge on any atom is -0.436 e. The van der Waals surface area contributed by atoms with E-state index >= 15 is 0 Å². The molecule has 4 aromatic carbocycles. The van der Waals surface area contributed by atoms with Crippen LogP contribution in [0.15, 0.2) is 145 Å². The van der Waals surface area contributed by atoms with Gasteiger partial charge in [-0.3, -0.25) is 9.97 Å². The Balaban J connectivity index is 1.26. The number of hydrogen-bond acceptors (Lipinski definition) is 4.